The van der Waals surface area contributed by atoms with Gasteiger partial charge in [-0.05, 0) is 35.7 Å². The smallest absolute Gasteiger partial charge is 0.306 e. The second-order valence-electron chi connectivity index (χ2n) is 8.24. The van der Waals surface area contributed by atoms with E-state index in [-0.39, 0.29) is 37.4 Å². The minimum atomic E-state index is -0.335. The highest BCUT2D eigenvalue weighted by Gasteiger charge is 2.23. The van der Waals surface area contributed by atoms with Crippen LogP contribution in [0, 0.1) is 5.92 Å². The van der Waals surface area contributed by atoms with Gasteiger partial charge < -0.3 is 19.9 Å². The fourth-order valence-corrected chi connectivity index (χ4v) is 4.72. The van der Waals surface area contributed by atoms with Gasteiger partial charge in [0, 0.05) is 47.8 Å². The molecule has 0 bridgehead atoms. The Balaban J connectivity index is 1.30. The van der Waals surface area contributed by atoms with E-state index in [0.717, 1.165) is 35.7 Å². The van der Waals surface area contributed by atoms with Gasteiger partial charge in [-0.1, -0.05) is 18.2 Å². The molecule has 2 N–H and O–H groups in total. The molecule has 9 heteroatoms. The third kappa shape index (κ3) is 6.74. The Bertz CT molecular complexity index is 1020. The molecule has 4 rings (SSSR count). The predicted octanol–water partition coefficient (Wildman–Crippen LogP) is 2.80. The van der Waals surface area contributed by atoms with Crippen molar-refractivity contribution < 1.29 is 24.2 Å². The van der Waals surface area contributed by atoms with Crippen LogP contribution in [0.15, 0.2) is 47.6 Å². The molecule has 180 valence electrons. The molecule has 1 fully saturated rings. The van der Waals surface area contributed by atoms with E-state index in [1.807, 2.05) is 48.3 Å². The molecule has 1 unspecified atom stereocenters. The van der Waals surface area contributed by atoms with Crippen molar-refractivity contribution in [3.05, 3.63) is 59.2 Å². The summed E-state index contributed by atoms with van der Waals surface area (Å²) in [7, 11) is 0. The van der Waals surface area contributed by atoms with E-state index in [2.05, 4.69) is 15.4 Å². The maximum absolute atomic E-state index is 12.7. The van der Waals surface area contributed by atoms with Gasteiger partial charge in [0.25, 0.3) is 5.91 Å². The summed E-state index contributed by atoms with van der Waals surface area (Å²) in [4.78, 5) is 24.5. The fourth-order valence-electron chi connectivity index (χ4n) is 3.84. The quantitative estimate of drug-likeness (QED) is 0.440. The van der Waals surface area contributed by atoms with Crippen molar-refractivity contribution in [1.82, 2.24) is 5.01 Å². The number of amides is 1. The number of carbonyl (C=O) groups excluding carboxylic acids is 2. The van der Waals surface area contributed by atoms with Crippen molar-refractivity contribution in [2.75, 3.05) is 49.7 Å². The number of nitrogens with one attached hydrogen (secondary N) is 1. The van der Waals surface area contributed by atoms with Crippen molar-refractivity contribution >= 4 is 35.5 Å². The van der Waals surface area contributed by atoms with Crippen molar-refractivity contribution in [3.63, 3.8) is 0 Å². The number of hydrogen-bond donors (Lipinski definition) is 2. The number of benzene rings is 2. The first-order valence-corrected chi connectivity index (χ1v) is 12.6. The zero-order valence-electron chi connectivity index (χ0n) is 18.9. The van der Waals surface area contributed by atoms with Gasteiger partial charge >= 0.3 is 5.97 Å². The van der Waals surface area contributed by atoms with Crippen LogP contribution in [0.2, 0.25) is 0 Å². The SMILES string of the molecule is O=C(CC1COc2cc(NC(=O)c3ccc(/C=N/N4CCSCC4)cc3)ccc2C1)OCCO. The molecule has 0 radical (unpaired) electrons. The minimum Gasteiger partial charge on any atom is -0.493 e. The number of ether oxygens (including phenoxy) is 2. The third-order valence-corrected chi connectivity index (χ3v) is 6.59. The molecule has 2 heterocycles. The van der Waals surface area contributed by atoms with Crippen molar-refractivity contribution in [1.29, 1.82) is 0 Å². The van der Waals surface area contributed by atoms with Crippen LogP contribution in [0.4, 0.5) is 5.69 Å². The highest BCUT2D eigenvalue weighted by molar-refractivity contribution is 7.99. The molecule has 2 aromatic rings. The molecule has 2 aromatic carbocycles. The number of rotatable bonds is 8. The first kappa shape index (κ1) is 24.1. The number of thioether (sulfide) groups is 1. The molecule has 0 spiro atoms. The number of aliphatic hydroxyl groups is 1. The van der Waals surface area contributed by atoms with E-state index < -0.39 is 0 Å². The summed E-state index contributed by atoms with van der Waals surface area (Å²) in [6, 6.07) is 12.9. The largest absolute Gasteiger partial charge is 0.493 e. The summed E-state index contributed by atoms with van der Waals surface area (Å²) in [5.74, 6) is 2.40. The molecule has 34 heavy (non-hydrogen) atoms. The van der Waals surface area contributed by atoms with Gasteiger partial charge in [-0.2, -0.15) is 16.9 Å². The number of aliphatic hydroxyl groups excluding tert-OH is 1. The fraction of sp³-hybridized carbons (Fsp3) is 0.400. The average Bonchev–Trinajstić information content (AvgIpc) is 2.87. The maximum atomic E-state index is 12.7. The number of carbonyl (C=O) groups is 2. The lowest BCUT2D eigenvalue weighted by Gasteiger charge is -2.25. The molecule has 2 aliphatic heterocycles. The van der Waals surface area contributed by atoms with E-state index in [1.54, 1.807) is 12.1 Å². The lowest BCUT2D eigenvalue weighted by atomic mass is 9.94. The van der Waals surface area contributed by atoms with E-state index in [9.17, 15) is 9.59 Å². The van der Waals surface area contributed by atoms with Crippen LogP contribution in [0.1, 0.15) is 27.9 Å². The average molecular weight is 484 g/mol. The molecule has 1 saturated heterocycles. The number of fused-ring (bicyclic) bond motifs is 1. The van der Waals surface area contributed by atoms with Crippen LogP contribution in [0.25, 0.3) is 0 Å². The van der Waals surface area contributed by atoms with Crippen molar-refractivity contribution in [3.8, 4) is 5.75 Å². The molecular weight excluding hydrogens is 454 g/mol. The van der Waals surface area contributed by atoms with Gasteiger partial charge in [-0.25, -0.2) is 0 Å². The Kier molecular flexibility index (Phi) is 8.43. The minimum absolute atomic E-state index is 0.0142. The first-order chi connectivity index (χ1) is 16.6. The maximum Gasteiger partial charge on any atom is 0.306 e. The van der Waals surface area contributed by atoms with Crippen LogP contribution < -0.4 is 10.1 Å². The normalized spacial score (nSPS) is 17.7. The zero-order valence-corrected chi connectivity index (χ0v) is 19.8. The summed E-state index contributed by atoms with van der Waals surface area (Å²) in [6.07, 6.45) is 2.77. The highest BCUT2D eigenvalue weighted by Crippen LogP contribution is 2.31. The van der Waals surface area contributed by atoms with Crippen LogP contribution in [-0.2, 0) is 16.0 Å². The molecule has 1 amide bonds. The summed E-state index contributed by atoms with van der Waals surface area (Å²) in [5.41, 5.74) is 3.15. The Hall–Kier alpha value is -3.04. The molecule has 1 atom stereocenters. The van der Waals surface area contributed by atoms with Gasteiger partial charge in [0.1, 0.15) is 12.4 Å². The highest BCUT2D eigenvalue weighted by atomic mass is 32.2. The lowest BCUT2D eigenvalue weighted by molar-refractivity contribution is -0.146. The molecule has 0 saturated carbocycles. The number of nitrogens with zero attached hydrogens (tertiary/aromatic N) is 2. The monoisotopic (exact) mass is 483 g/mol. The lowest BCUT2D eigenvalue weighted by Crippen LogP contribution is -2.27. The molecular formula is C25H29N3O5S. The molecule has 0 aromatic heterocycles. The van der Waals surface area contributed by atoms with Crippen molar-refractivity contribution in [2.45, 2.75) is 12.8 Å². The van der Waals surface area contributed by atoms with E-state index in [4.69, 9.17) is 14.6 Å². The molecule has 2 aliphatic rings. The number of anilines is 1. The van der Waals surface area contributed by atoms with Crippen LogP contribution >= 0.6 is 11.8 Å². The molecule has 8 nitrogen and oxygen atoms in total. The number of esters is 1. The summed E-state index contributed by atoms with van der Waals surface area (Å²) in [5, 5.41) is 18.3. The number of hydrazone groups is 1. The Morgan fingerprint density at radius 3 is 2.76 bits per heavy atom. The van der Waals surface area contributed by atoms with E-state index >= 15 is 0 Å². The Labute approximate surface area is 203 Å². The second kappa shape index (κ2) is 11.9. The van der Waals surface area contributed by atoms with Crippen LogP contribution in [0.3, 0.4) is 0 Å². The Morgan fingerprint density at radius 2 is 2.00 bits per heavy atom. The van der Waals surface area contributed by atoms with E-state index in [1.165, 1.54) is 0 Å². The topological polar surface area (TPSA) is 100 Å². The van der Waals surface area contributed by atoms with E-state index in [0.29, 0.717) is 30.0 Å². The third-order valence-electron chi connectivity index (χ3n) is 5.65. The summed E-state index contributed by atoms with van der Waals surface area (Å²) >= 11 is 1.95. The van der Waals surface area contributed by atoms with Crippen LogP contribution in [-0.4, -0.2) is 72.6 Å². The zero-order chi connectivity index (χ0) is 23.8. The van der Waals surface area contributed by atoms with Gasteiger partial charge in [-0.3, -0.25) is 14.6 Å². The molecule has 0 aliphatic carbocycles. The van der Waals surface area contributed by atoms with Gasteiger partial charge in [-0.15, -0.1) is 0 Å². The van der Waals surface area contributed by atoms with Crippen LogP contribution in [0.5, 0.6) is 5.75 Å². The standard InChI is InChI=1S/C25H29N3O5S/c29-9-10-32-24(30)14-19-13-21-5-6-22(15-23(21)33-17-19)27-25(31)20-3-1-18(2-4-20)16-26-28-7-11-34-12-8-28/h1-6,15-16,19,29H,7-14,17H2,(H,27,31)/b26-16+. The van der Waals surface area contributed by atoms with Crippen molar-refractivity contribution in [2.24, 2.45) is 11.0 Å². The Morgan fingerprint density at radius 1 is 1.21 bits per heavy atom. The first-order valence-electron chi connectivity index (χ1n) is 11.4. The van der Waals surface area contributed by atoms with Gasteiger partial charge in [0.05, 0.1) is 25.8 Å². The second-order valence-corrected chi connectivity index (χ2v) is 9.46. The van der Waals surface area contributed by atoms with Gasteiger partial charge in [0.2, 0.25) is 0 Å². The number of hydrogen-bond acceptors (Lipinski definition) is 8. The summed E-state index contributed by atoms with van der Waals surface area (Å²) in [6.45, 7) is 2.16. The summed E-state index contributed by atoms with van der Waals surface area (Å²) < 4.78 is 10.8. The predicted molar refractivity (Wildman–Crippen MR) is 133 cm³/mol. The van der Waals surface area contributed by atoms with Gasteiger partial charge in [0.15, 0.2) is 0 Å².